The molecule has 1 radical (unpaired) electrons. The van der Waals surface area contributed by atoms with E-state index in [0.717, 1.165) is 62.3 Å². The molecule has 217 valence electrons. The standard InChI is InChI=1S/C26H32N4O3S.3CO.Re/c31-26(12-7-8-22-13-15-23(16-14-22)29-34(32)33)11-3-6-19-30(20-24-9-1-4-17-27-24)21-25-10-2-5-18-28-25;3*1-2;/h1-2,4-5,9-10,13-18,29H,3,6-8,11-12,19-21H2,(H,32,33);;;;/p-1. The largest absolute Gasteiger partial charge is 0 e. The fourth-order valence-corrected chi connectivity index (χ4v) is 4.09. The van der Waals surface area contributed by atoms with Crippen LogP contribution in [-0.2, 0) is 70.0 Å². The summed E-state index contributed by atoms with van der Waals surface area (Å²) >= 11 is -2.32. The molecule has 0 spiro atoms. The Morgan fingerprint density at radius 2 is 1.32 bits per heavy atom. The second kappa shape index (κ2) is 27.1. The Balaban J connectivity index is 0. The quantitative estimate of drug-likeness (QED) is 0.106. The first kappa shape index (κ1) is 40.1. The summed E-state index contributed by atoms with van der Waals surface area (Å²) in [5.41, 5.74) is 3.68. The zero-order valence-electron chi connectivity index (χ0n) is 22.4. The van der Waals surface area contributed by atoms with Gasteiger partial charge in [-0.2, -0.15) is 0 Å². The van der Waals surface area contributed by atoms with Gasteiger partial charge in [0.05, 0.1) is 11.4 Å². The zero-order chi connectivity index (χ0) is 30.0. The average molecular weight is 750 g/mol. The number of nitrogens with zero attached hydrogens (tertiary/aromatic N) is 3. The normalized spacial score (nSPS) is 10.0. The van der Waals surface area contributed by atoms with Gasteiger partial charge in [0.2, 0.25) is 0 Å². The SMILES string of the molecule is O=C(CCCCN(Cc1ccccn1)Cc1ccccn1)CCCc1ccc(NS(=O)[O-])cc1.[C-]#[O+].[C-]#[O+].[C-]#[O+].[Re]. The van der Waals surface area contributed by atoms with Gasteiger partial charge in [0.25, 0.3) is 0 Å². The minimum atomic E-state index is -2.32. The Bertz CT molecular complexity index is 1110. The number of pyridine rings is 2. The number of aryl methyl sites for hydroxylation is 1. The average Bonchev–Trinajstić information content (AvgIpc) is 3.00. The van der Waals surface area contributed by atoms with E-state index >= 15 is 0 Å². The number of ketones is 1. The molecule has 0 amide bonds. The van der Waals surface area contributed by atoms with Crippen LogP contribution in [0.3, 0.4) is 0 Å². The van der Waals surface area contributed by atoms with E-state index in [9.17, 15) is 13.6 Å². The molecule has 2 aromatic heterocycles. The second-order valence-electron chi connectivity index (χ2n) is 8.24. The Hall–Kier alpha value is -3.06. The first-order valence-electron chi connectivity index (χ1n) is 12.2. The van der Waals surface area contributed by atoms with Crippen molar-refractivity contribution >= 4 is 22.7 Å². The van der Waals surface area contributed by atoms with Crippen molar-refractivity contribution in [3.63, 3.8) is 0 Å². The maximum Gasteiger partial charge on any atom is 0 e. The number of hydrogen-bond donors (Lipinski definition) is 1. The first-order chi connectivity index (χ1) is 19.6. The Kier molecular flexibility index (Phi) is 26.5. The van der Waals surface area contributed by atoms with E-state index in [2.05, 4.69) is 39.5 Å². The van der Waals surface area contributed by atoms with Crippen LogP contribution in [0.25, 0.3) is 0 Å². The molecule has 0 aliphatic heterocycles. The molecular weight excluding hydrogens is 719 g/mol. The predicted octanol–water partition coefficient (Wildman–Crippen LogP) is 4.33. The number of nitrogens with one attached hydrogen (secondary N) is 1. The minimum absolute atomic E-state index is 0. The third-order valence-electron chi connectivity index (χ3n) is 5.48. The van der Waals surface area contributed by atoms with Gasteiger partial charge in [-0.05, 0) is 74.2 Å². The van der Waals surface area contributed by atoms with Crippen molar-refractivity contribution in [2.45, 2.75) is 51.6 Å². The van der Waals surface area contributed by atoms with Gasteiger partial charge in [0.15, 0.2) is 0 Å². The number of Topliss-reactive ketones (excluding diaryl/α,β-unsaturated/α-hetero) is 1. The van der Waals surface area contributed by atoms with Crippen LogP contribution in [0.15, 0.2) is 73.1 Å². The van der Waals surface area contributed by atoms with Crippen molar-refractivity contribution in [3.05, 3.63) is 110 Å². The van der Waals surface area contributed by atoms with Gasteiger partial charge in [-0.1, -0.05) is 24.3 Å². The fourth-order valence-electron chi connectivity index (χ4n) is 3.76. The van der Waals surface area contributed by atoms with Crippen LogP contribution < -0.4 is 4.72 Å². The van der Waals surface area contributed by atoms with Crippen LogP contribution in [-0.4, -0.2) is 36.0 Å². The third-order valence-corrected chi connectivity index (χ3v) is 5.88. The molecule has 0 aliphatic carbocycles. The van der Waals surface area contributed by atoms with Gasteiger partial charge in [-0.3, -0.25) is 23.9 Å². The van der Waals surface area contributed by atoms with Gasteiger partial charge >= 0.3 is 33.9 Å². The number of carbonyl (C=O) groups is 1. The third kappa shape index (κ3) is 19.6. The molecule has 1 aromatic carbocycles. The number of benzene rings is 1. The van der Waals surface area contributed by atoms with Crippen LogP contribution in [0.1, 0.15) is 49.1 Å². The summed E-state index contributed by atoms with van der Waals surface area (Å²) in [6.45, 7) is 15.9. The number of aromatic nitrogens is 2. The van der Waals surface area contributed by atoms with Crippen molar-refractivity contribution in [2.75, 3.05) is 11.3 Å². The maximum absolute atomic E-state index is 12.3. The Morgan fingerprint density at radius 1 is 0.805 bits per heavy atom. The zero-order valence-corrected chi connectivity index (χ0v) is 25.9. The van der Waals surface area contributed by atoms with Crippen molar-refractivity contribution in [1.82, 2.24) is 14.9 Å². The van der Waals surface area contributed by atoms with Gasteiger partial charge in [0, 0.05) is 75.7 Å². The monoisotopic (exact) mass is 750 g/mol. The molecule has 41 heavy (non-hydrogen) atoms. The van der Waals surface area contributed by atoms with Gasteiger partial charge in [-0.15, -0.1) is 0 Å². The van der Waals surface area contributed by atoms with Crippen LogP contribution in [0, 0.1) is 20.0 Å². The number of unbranched alkanes of at least 4 members (excludes halogenated alkanes) is 1. The van der Waals surface area contributed by atoms with Crippen molar-refractivity contribution in [1.29, 1.82) is 0 Å². The topological polar surface area (TPSA) is 158 Å². The molecule has 0 fully saturated rings. The van der Waals surface area contributed by atoms with Crippen LogP contribution >= 0.6 is 0 Å². The summed E-state index contributed by atoms with van der Waals surface area (Å²) in [4.78, 5) is 23.5. The van der Waals surface area contributed by atoms with Crippen LogP contribution in [0.2, 0.25) is 0 Å². The van der Waals surface area contributed by atoms with Crippen molar-refractivity contribution in [3.8, 4) is 0 Å². The molecule has 0 bridgehead atoms. The molecule has 0 saturated heterocycles. The number of hydrogen-bond acceptors (Lipinski definition) is 6. The van der Waals surface area contributed by atoms with E-state index in [1.54, 1.807) is 12.1 Å². The molecule has 10 nitrogen and oxygen atoms in total. The second-order valence-corrected chi connectivity index (χ2v) is 8.91. The first-order valence-corrected chi connectivity index (χ1v) is 13.3. The number of rotatable bonds is 15. The molecule has 12 heteroatoms. The smallest absolute Gasteiger partial charge is 0 e. The molecule has 1 N–H and O–H groups in total. The number of carbonyl (C=O) groups excluding carboxylic acids is 1. The molecule has 3 rings (SSSR count). The van der Waals surface area contributed by atoms with E-state index in [1.807, 2.05) is 60.9 Å². The molecule has 0 aliphatic rings. The van der Waals surface area contributed by atoms with Gasteiger partial charge < -0.3 is 9.27 Å². The minimum Gasteiger partial charge on any atom is 0 e. The van der Waals surface area contributed by atoms with E-state index < -0.39 is 11.3 Å². The summed E-state index contributed by atoms with van der Waals surface area (Å²) in [6, 6.07) is 19.1. The summed E-state index contributed by atoms with van der Waals surface area (Å²) in [5.74, 6) is 0.293. The van der Waals surface area contributed by atoms with E-state index in [1.165, 1.54) is 0 Å². The molecule has 2 heterocycles. The summed E-state index contributed by atoms with van der Waals surface area (Å²) in [5, 5.41) is 0. The fraction of sp³-hybridized carbons (Fsp3) is 0.310. The molecule has 3 aromatic rings. The van der Waals surface area contributed by atoms with E-state index in [0.29, 0.717) is 24.3 Å². The van der Waals surface area contributed by atoms with Crippen molar-refractivity contribution < 1.29 is 47.9 Å². The Morgan fingerprint density at radius 3 is 1.78 bits per heavy atom. The molecule has 1 unspecified atom stereocenters. The van der Waals surface area contributed by atoms with Crippen LogP contribution in [0.5, 0.6) is 0 Å². The molecule has 0 saturated carbocycles. The molecular formula is C29H31N4O6ReS-. The summed E-state index contributed by atoms with van der Waals surface area (Å²) < 4.78 is 46.1. The van der Waals surface area contributed by atoms with Crippen molar-refractivity contribution in [2.24, 2.45) is 0 Å². The summed E-state index contributed by atoms with van der Waals surface area (Å²) in [6.07, 6.45) is 8.20. The van der Waals surface area contributed by atoms with Gasteiger partial charge in [0.1, 0.15) is 5.78 Å². The Labute approximate surface area is 257 Å². The van der Waals surface area contributed by atoms with E-state index in [4.69, 9.17) is 14.0 Å². The summed E-state index contributed by atoms with van der Waals surface area (Å²) in [7, 11) is 0. The maximum atomic E-state index is 12.3. The molecule has 1 atom stereocenters. The van der Waals surface area contributed by atoms with E-state index in [-0.39, 0.29) is 20.4 Å². The number of anilines is 1. The predicted molar refractivity (Wildman–Crippen MR) is 145 cm³/mol. The van der Waals surface area contributed by atoms with Gasteiger partial charge in [-0.25, -0.2) is 0 Å². The van der Waals surface area contributed by atoms with Crippen LogP contribution in [0.4, 0.5) is 5.69 Å².